The Bertz CT molecular complexity index is 401. The molecule has 2 fully saturated rings. The molecular formula is C23H44O6. The lowest BCUT2D eigenvalue weighted by Crippen LogP contribution is -2.60. The summed E-state index contributed by atoms with van der Waals surface area (Å²) >= 11 is 0. The normalized spacial score (nSPS) is 31.2. The van der Waals surface area contributed by atoms with Crippen LogP contribution in [0.2, 0.25) is 0 Å². The maximum atomic E-state index is 10.8. The lowest BCUT2D eigenvalue weighted by Gasteiger charge is -2.42. The predicted octanol–water partition coefficient (Wildman–Crippen LogP) is 3.81. The van der Waals surface area contributed by atoms with E-state index >= 15 is 0 Å². The zero-order chi connectivity index (χ0) is 20.9. The highest BCUT2D eigenvalue weighted by Crippen LogP contribution is 2.27. The molecule has 1 saturated heterocycles. The highest BCUT2D eigenvalue weighted by Gasteiger charge is 2.46. The third-order valence-corrected chi connectivity index (χ3v) is 6.07. The van der Waals surface area contributed by atoms with Crippen molar-refractivity contribution < 1.29 is 29.2 Å². The molecule has 0 radical (unpaired) electrons. The molecule has 0 aromatic heterocycles. The first-order valence-electron chi connectivity index (χ1n) is 12.0. The molecular weight excluding hydrogens is 372 g/mol. The van der Waals surface area contributed by atoms with Crippen LogP contribution < -0.4 is 0 Å². The number of aliphatic hydroxyl groups excluding tert-OH is 2. The third-order valence-electron chi connectivity index (χ3n) is 6.07. The van der Waals surface area contributed by atoms with Crippen molar-refractivity contribution in [2.45, 2.75) is 115 Å². The van der Waals surface area contributed by atoms with Crippen molar-refractivity contribution in [3.05, 3.63) is 0 Å². The molecule has 0 spiro atoms. The molecule has 2 rings (SSSR count). The average Bonchev–Trinajstić information content (AvgIpc) is 2.73. The minimum Gasteiger partial charge on any atom is -0.387 e. The van der Waals surface area contributed by atoms with Gasteiger partial charge in [0, 0.05) is 19.8 Å². The zero-order valence-electron chi connectivity index (χ0n) is 18.6. The molecule has 1 heterocycles. The second kappa shape index (κ2) is 14.7. The molecule has 2 aliphatic rings. The van der Waals surface area contributed by atoms with E-state index in [9.17, 15) is 10.2 Å². The summed E-state index contributed by atoms with van der Waals surface area (Å²) in [6, 6.07) is 0. The molecule has 1 unspecified atom stereocenters. The van der Waals surface area contributed by atoms with Gasteiger partial charge in [-0.15, -0.1) is 0 Å². The van der Waals surface area contributed by atoms with Crippen LogP contribution in [0, 0.1) is 5.92 Å². The van der Waals surface area contributed by atoms with Crippen molar-refractivity contribution >= 4 is 0 Å². The van der Waals surface area contributed by atoms with Crippen molar-refractivity contribution in [2.24, 2.45) is 5.92 Å². The standard InChI is InChI=1S/C23H44O6/c1-3-5-6-7-11-15-28-22-21(27-14-4-2)20(24)19(29-23(22)25)17-26-16-18-12-9-8-10-13-18/h18-25H,3-17H2,1-2H3/t19-,20-,21+,22-,23?/m1/s1. The summed E-state index contributed by atoms with van der Waals surface area (Å²) in [5, 5.41) is 21.4. The van der Waals surface area contributed by atoms with E-state index in [-0.39, 0.29) is 6.61 Å². The second-order valence-corrected chi connectivity index (χ2v) is 8.68. The molecule has 6 nitrogen and oxygen atoms in total. The number of ether oxygens (including phenoxy) is 4. The molecule has 172 valence electrons. The monoisotopic (exact) mass is 416 g/mol. The molecule has 29 heavy (non-hydrogen) atoms. The van der Waals surface area contributed by atoms with Crippen LogP contribution >= 0.6 is 0 Å². The van der Waals surface area contributed by atoms with E-state index in [1.807, 2.05) is 6.92 Å². The maximum Gasteiger partial charge on any atom is 0.184 e. The smallest absolute Gasteiger partial charge is 0.184 e. The Hall–Kier alpha value is -0.240. The van der Waals surface area contributed by atoms with Crippen LogP contribution in [0.1, 0.15) is 84.5 Å². The van der Waals surface area contributed by atoms with Gasteiger partial charge in [0.25, 0.3) is 0 Å². The molecule has 1 aliphatic carbocycles. The molecule has 1 aliphatic heterocycles. The Balaban J connectivity index is 1.80. The Labute approximate surface area is 177 Å². The summed E-state index contributed by atoms with van der Waals surface area (Å²) in [6.45, 7) is 6.23. The van der Waals surface area contributed by atoms with Crippen LogP contribution in [0.15, 0.2) is 0 Å². The maximum absolute atomic E-state index is 10.8. The van der Waals surface area contributed by atoms with Crippen molar-refractivity contribution in [3.63, 3.8) is 0 Å². The van der Waals surface area contributed by atoms with Gasteiger partial charge in [-0.3, -0.25) is 0 Å². The van der Waals surface area contributed by atoms with Gasteiger partial charge in [0.05, 0.1) is 6.61 Å². The fraction of sp³-hybridized carbons (Fsp3) is 1.00. The van der Waals surface area contributed by atoms with Crippen LogP contribution in [-0.4, -0.2) is 67.3 Å². The molecule has 1 saturated carbocycles. The van der Waals surface area contributed by atoms with Gasteiger partial charge in [0.1, 0.15) is 24.4 Å². The molecule has 0 aromatic carbocycles. The summed E-state index contributed by atoms with van der Waals surface area (Å²) in [7, 11) is 0. The predicted molar refractivity (Wildman–Crippen MR) is 113 cm³/mol. The summed E-state index contributed by atoms with van der Waals surface area (Å²) in [5.41, 5.74) is 0. The van der Waals surface area contributed by atoms with Crippen LogP contribution in [0.5, 0.6) is 0 Å². The van der Waals surface area contributed by atoms with Crippen LogP contribution in [0.25, 0.3) is 0 Å². The molecule has 0 bridgehead atoms. The number of rotatable bonds is 14. The first kappa shape index (κ1) is 25.0. The highest BCUT2D eigenvalue weighted by molar-refractivity contribution is 4.91. The zero-order valence-corrected chi connectivity index (χ0v) is 18.6. The SMILES string of the molecule is CCCCCCCO[C@H]1C(O)O[C@H](COCC2CCCCC2)[C@@H](O)[C@@H]1OCCC. The lowest BCUT2D eigenvalue weighted by atomic mass is 9.90. The fourth-order valence-corrected chi connectivity index (χ4v) is 4.30. The van der Waals surface area contributed by atoms with E-state index in [0.29, 0.717) is 25.7 Å². The fourth-order valence-electron chi connectivity index (χ4n) is 4.30. The molecule has 0 amide bonds. The molecule has 2 N–H and O–H groups in total. The first-order chi connectivity index (χ1) is 14.2. The van der Waals surface area contributed by atoms with Crippen molar-refractivity contribution in [3.8, 4) is 0 Å². The highest BCUT2D eigenvalue weighted by atomic mass is 16.7. The van der Waals surface area contributed by atoms with E-state index in [1.165, 1.54) is 51.4 Å². The Morgan fingerprint density at radius 3 is 2.24 bits per heavy atom. The number of hydrogen-bond acceptors (Lipinski definition) is 6. The van der Waals surface area contributed by atoms with Gasteiger partial charge in [-0.2, -0.15) is 0 Å². The molecule has 5 atom stereocenters. The second-order valence-electron chi connectivity index (χ2n) is 8.68. The lowest BCUT2D eigenvalue weighted by molar-refractivity contribution is -0.305. The summed E-state index contributed by atoms with van der Waals surface area (Å²) in [4.78, 5) is 0. The van der Waals surface area contributed by atoms with Gasteiger partial charge in [0.15, 0.2) is 6.29 Å². The summed E-state index contributed by atoms with van der Waals surface area (Å²) in [5.74, 6) is 0.602. The van der Waals surface area contributed by atoms with Crippen LogP contribution in [0.4, 0.5) is 0 Å². The Kier molecular flexibility index (Phi) is 12.7. The largest absolute Gasteiger partial charge is 0.387 e. The summed E-state index contributed by atoms with van der Waals surface area (Å²) in [6.07, 6.45) is 8.98. The number of hydrogen-bond donors (Lipinski definition) is 2. The van der Waals surface area contributed by atoms with E-state index in [1.54, 1.807) is 0 Å². The Morgan fingerprint density at radius 2 is 1.52 bits per heavy atom. The Morgan fingerprint density at radius 1 is 0.793 bits per heavy atom. The van der Waals surface area contributed by atoms with Gasteiger partial charge < -0.3 is 29.2 Å². The summed E-state index contributed by atoms with van der Waals surface area (Å²) < 4.78 is 23.3. The van der Waals surface area contributed by atoms with Gasteiger partial charge in [-0.25, -0.2) is 0 Å². The third kappa shape index (κ3) is 8.80. The molecule has 6 heteroatoms. The van der Waals surface area contributed by atoms with E-state index in [0.717, 1.165) is 19.3 Å². The van der Waals surface area contributed by atoms with Crippen LogP contribution in [0.3, 0.4) is 0 Å². The van der Waals surface area contributed by atoms with Crippen LogP contribution in [-0.2, 0) is 18.9 Å². The van der Waals surface area contributed by atoms with Crippen molar-refractivity contribution in [2.75, 3.05) is 26.4 Å². The topological polar surface area (TPSA) is 77.4 Å². The van der Waals surface area contributed by atoms with E-state index in [2.05, 4.69) is 6.92 Å². The molecule has 0 aromatic rings. The quantitative estimate of drug-likeness (QED) is 0.419. The minimum atomic E-state index is -1.11. The average molecular weight is 417 g/mol. The van der Waals surface area contributed by atoms with Gasteiger partial charge in [-0.05, 0) is 31.6 Å². The van der Waals surface area contributed by atoms with E-state index < -0.39 is 30.7 Å². The van der Waals surface area contributed by atoms with Gasteiger partial charge in [0.2, 0.25) is 0 Å². The van der Waals surface area contributed by atoms with Crippen molar-refractivity contribution in [1.82, 2.24) is 0 Å². The van der Waals surface area contributed by atoms with Crippen molar-refractivity contribution in [1.29, 1.82) is 0 Å². The van der Waals surface area contributed by atoms with E-state index in [4.69, 9.17) is 18.9 Å². The first-order valence-corrected chi connectivity index (χ1v) is 12.0. The number of unbranched alkanes of at least 4 members (excludes halogenated alkanes) is 4. The minimum absolute atomic E-state index is 0.268. The van der Waals surface area contributed by atoms with Gasteiger partial charge in [-0.1, -0.05) is 58.8 Å². The number of aliphatic hydroxyl groups is 2. The van der Waals surface area contributed by atoms with Gasteiger partial charge >= 0.3 is 0 Å².